The van der Waals surface area contributed by atoms with Gasteiger partial charge in [0.2, 0.25) is 0 Å². The standard InChI is InChI=1S/C8H8BrF3N2O/c1-2-5(9)6-3-4(8(10,11)12)7(15)14-13-6/h3,5H,2H2,1H3,(H,14,15). The van der Waals surface area contributed by atoms with E-state index in [2.05, 4.69) is 21.0 Å². The molecule has 7 heteroatoms. The molecule has 3 nitrogen and oxygen atoms in total. The third kappa shape index (κ3) is 2.80. The summed E-state index contributed by atoms with van der Waals surface area (Å²) in [5, 5.41) is 5.37. The highest BCUT2D eigenvalue weighted by Crippen LogP contribution is 2.29. The van der Waals surface area contributed by atoms with Crippen molar-refractivity contribution in [1.29, 1.82) is 0 Å². The Morgan fingerprint density at radius 1 is 1.60 bits per heavy atom. The van der Waals surface area contributed by atoms with Crippen molar-refractivity contribution in [2.45, 2.75) is 24.3 Å². The van der Waals surface area contributed by atoms with Gasteiger partial charge in [0, 0.05) is 0 Å². The Labute approximate surface area is 91.8 Å². The van der Waals surface area contributed by atoms with Gasteiger partial charge in [-0.05, 0) is 12.5 Å². The van der Waals surface area contributed by atoms with Crippen molar-refractivity contribution in [2.75, 3.05) is 0 Å². The molecule has 0 saturated carbocycles. The Bertz CT molecular complexity index is 402. The molecule has 15 heavy (non-hydrogen) atoms. The largest absolute Gasteiger partial charge is 0.421 e. The average Bonchev–Trinajstić information content (AvgIpc) is 2.15. The number of hydrogen-bond acceptors (Lipinski definition) is 2. The second-order valence-corrected chi connectivity index (χ2v) is 4.01. The van der Waals surface area contributed by atoms with E-state index in [-0.39, 0.29) is 10.5 Å². The van der Waals surface area contributed by atoms with Gasteiger partial charge in [-0.1, -0.05) is 22.9 Å². The van der Waals surface area contributed by atoms with Crippen molar-refractivity contribution in [3.05, 3.63) is 27.7 Å². The van der Waals surface area contributed by atoms with Crippen molar-refractivity contribution in [3.8, 4) is 0 Å². The second kappa shape index (κ2) is 4.34. The molecule has 0 aromatic carbocycles. The molecule has 0 bridgehead atoms. The first kappa shape index (κ1) is 12.2. The van der Waals surface area contributed by atoms with Crippen LogP contribution in [0.5, 0.6) is 0 Å². The number of H-pyrrole nitrogens is 1. The van der Waals surface area contributed by atoms with Gasteiger partial charge in [-0.3, -0.25) is 4.79 Å². The van der Waals surface area contributed by atoms with Crippen LogP contribution in [-0.4, -0.2) is 10.2 Å². The van der Waals surface area contributed by atoms with Crippen molar-refractivity contribution >= 4 is 15.9 Å². The van der Waals surface area contributed by atoms with E-state index in [0.717, 1.165) is 6.07 Å². The third-order valence-corrected chi connectivity index (χ3v) is 2.92. The molecule has 1 N–H and O–H groups in total. The molecule has 0 aliphatic carbocycles. The number of alkyl halides is 4. The van der Waals surface area contributed by atoms with Gasteiger partial charge >= 0.3 is 6.18 Å². The topological polar surface area (TPSA) is 45.8 Å². The summed E-state index contributed by atoms with van der Waals surface area (Å²) in [6.45, 7) is 1.79. The van der Waals surface area contributed by atoms with Crippen LogP contribution in [0, 0.1) is 0 Å². The van der Waals surface area contributed by atoms with Crippen molar-refractivity contribution in [1.82, 2.24) is 10.2 Å². The molecular weight excluding hydrogens is 277 g/mol. The molecular formula is C8H8BrF3N2O. The van der Waals surface area contributed by atoms with Gasteiger partial charge in [-0.2, -0.15) is 18.3 Å². The van der Waals surface area contributed by atoms with Crippen LogP contribution in [-0.2, 0) is 6.18 Å². The minimum absolute atomic E-state index is 0.171. The fourth-order valence-corrected chi connectivity index (χ4v) is 1.24. The molecule has 1 rings (SSSR count). The summed E-state index contributed by atoms with van der Waals surface area (Å²) in [6, 6.07) is 0.766. The first-order valence-corrected chi connectivity index (χ1v) is 5.08. The number of nitrogens with one attached hydrogen (secondary N) is 1. The smallest absolute Gasteiger partial charge is 0.267 e. The van der Waals surface area contributed by atoms with Crippen molar-refractivity contribution in [2.24, 2.45) is 0 Å². The summed E-state index contributed by atoms with van der Waals surface area (Å²) in [5.41, 5.74) is -2.27. The molecule has 1 aromatic heterocycles. The fourth-order valence-electron chi connectivity index (χ4n) is 1.00. The highest BCUT2D eigenvalue weighted by atomic mass is 79.9. The molecule has 0 aliphatic rings. The van der Waals surface area contributed by atoms with E-state index >= 15 is 0 Å². The Kier molecular flexibility index (Phi) is 3.54. The zero-order valence-corrected chi connectivity index (χ0v) is 9.32. The lowest BCUT2D eigenvalue weighted by molar-refractivity contribution is -0.138. The molecule has 84 valence electrons. The maximum atomic E-state index is 12.3. The predicted octanol–water partition coefficient (Wildman–Crippen LogP) is 2.63. The predicted molar refractivity (Wildman–Crippen MR) is 51.8 cm³/mol. The van der Waals surface area contributed by atoms with Crippen LogP contribution < -0.4 is 5.56 Å². The minimum Gasteiger partial charge on any atom is -0.267 e. The first-order valence-electron chi connectivity index (χ1n) is 4.17. The number of aromatic amines is 1. The normalized spacial score (nSPS) is 13.9. The Morgan fingerprint density at radius 2 is 2.20 bits per heavy atom. The lowest BCUT2D eigenvalue weighted by Crippen LogP contribution is -2.23. The van der Waals surface area contributed by atoms with Gasteiger partial charge in [0.15, 0.2) is 0 Å². The summed E-state index contributed by atoms with van der Waals surface area (Å²) in [6.07, 6.45) is -4.07. The molecule has 1 heterocycles. The van der Waals surface area contributed by atoms with E-state index < -0.39 is 17.3 Å². The Balaban J connectivity index is 3.23. The molecule has 0 saturated heterocycles. The van der Waals surface area contributed by atoms with Gasteiger partial charge in [-0.25, -0.2) is 5.10 Å². The van der Waals surface area contributed by atoms with Crippen LogP contribution in [0.1, 0.15) is 29.4 Å². The monoisotopic (exact) mass is 284 g/mol. The van der Waals surface area contributed by atoms with Crippen LogP contribution in [0.15, 0.2) is 10.9 Å². The molecule has 1 atom stereocenters. The third-order valence-electron chi connectivity index (χ3n) is 1.81. The molecule has 1 unspecified atom stereocenters. The molecule has 0 amide bonds. The summed E-state index contributed by atoms with van der Waals surface area (Å²) in [7, 11) is 0. The first-order chi connectivity index (χ1) is 6.86. The Hall–Kier alpha value is -0.850. The summed E-state index contributed by atoms with van der Waals surface area (Å²) in [4.78, 5) is 10.6. The average molecular weight is 285 g/mol. The van der Waals surface area contributed by atoms with E-state index in [1.807, 2.05) is 5.10 Å². The SMILES string of the molecule is CCC(Br)c1cc(C(F)(F)F)c(=O)[nH]n1. The molecule has 1 aromatic rings. The maximum absolute atomic E-state index is 12.3. The van der Waals surface area contributed by atoms with Crippen LogP contribution in [0.4, 0.5) is 13.2 Å². The fraction of sp³-hybridized carbons (Fsp3) is 0.500. The van der Waals surface area contributed by atoms with Gasteiger partial charge < -0.3 is 0 Å². The minimum atomic E-state index is -4.65. The summed E-state index contributed by atoms with van der Waals surface area (Å²) < 4.78 is 37.0. The van der Waals surface area contributed by atoms with E-state index in [9.17, 15) is 18.0 Å². The van der Waals surface area contributed by atoms with Gasteiger partial charge in [0.05, 0.1) is 10.5 Å². The molecule has 0 spiro atoms. The van der Waals surface area contributed by atoms with Crippen LogP contribution in [0.25, 0.3) is 0 Å². The lowest BCUT2D eigenvalue weighted by Gasteiger charge is -2.09. The highest BCUT2D eigenvalue weighted by Gasteiger charge is 2.34. The molecule has 0 radical (unpaired) electrons. The zero-order chi connectivity index (χ0) is 11.6. The highest BCUT2D eigenvalue weighted by molar-refractivity contribution is 9.09. The second-order valence-electron chi connectivity index (χ2n) is 2.91. The van der Waals surface area contributed by atoms with E-state index in [0.29, 0.717) is 6.42 Å². The van der Waals surface area contributed by atoms with Crippen LogP contribution in [0.3, 0.4) is 0 Å². The molecule has 0 aliphatic heterocycles. The van der Waals surface area contributed by atoms with Crippen LogP contribution >= 0.6 is 15.9 Å². The maximum Gasteiger partial charge on any atom is 0.421 e. The molecule has 0 fully saturated rings. The number of hydrogen-bond donors (Lipinski definition) is 1. The van der Waals surface area contributed by atoms with E-state index in [1.54, 1.807) is 6.92 Å². The van der Waals surface area contributed by atoms with E-state index in [4.69, 9.17) is 0 Å². The number of halogens is 4. The van der Waals surface area contributed by atoms with Gasteiger partial charge in [0.1, 0.15) is 5.56 Å². The van der Waals surface area contributed by atoms with Crippen molar-refractivity contribution < 1.29 is 13.2 Å². The van der Waals surface area contributed by atoms with Crippen LogP contribution in [0.2, 0.25) is 0 Å². The number of rotatable bonds is 2. The zero-order valence-electron chi connectivity index (χ0n) is 7.73. The Morgan fingerprint density at radius 3 is 2.67 bits per heavy atom. The summed E-state index contributed by atoms with van der Waals surface area (Å²) in [5.74, 6) is 0. The summed E-state index contributed by atoms with van der Waals surface area (Å²) >= 11 is 3.16. The lowest BCUT2D eigenvalue weighted by atomic mass is 10.2. The number of nitrogens with zero attached hydrogens (tertiary/aromatic N) is 1. The quantitative estimate of drug-likeness (QED) is 0.849. The van der Waals surface area contributed by atoms with Crippen molar-refractivity contribution in [3.63, 3.8) is 0 Å². The number of aromatic nitrogens is 2. The van der Waals surface area contributed by atoms with Gasteiger partial charge in [0.25, 0.3) is 5.56 Å². The van der Waals surface area contributed by atoms with E-state index in [1.165, 1.54) is 0 Å². The van der Waals surface area contributed by atoms with Gasteiger partial charge in [-0.15, -0.1) is 0 Å².